The minimum Gasteiger partial charge on any atom is -0.267 e. The van der Waals surface area contributed by atoms with Crippen molar-refractivity contribution >= 4 is 22.4 Å². The minimum atomic E-state index is -0.404. The molecule has 6 heteroatoms. The van der Waals surface area contributed by atoms with E-state index in [-0.39, 0.29) is 11.3 Å². The van der Waals surface area contributed by atoms with Crippen LogP contribution in [0.2, 0.25) is 0 Å². The zero-order valence-electron chi connectivity index (χ0n) is 15.8. The van der Waals surface area contributed by atoms with Crippen molar-refractivity contribution in [2.45, 2.75) is 39.2 Å². The largest absolute Gasteiger partial charge is 0.292 e. The van der Waals surface area contributed by atoms with Crippen LogP contribution in [0.25, 0.3) is 10.8 Å². The third-order valence-corrected chi connectivity index (χ3v) is 5.06. The van der Waals surface area contributed by atoms with E-state index >= 15 is 0 Å². The maximum atomic E-state index is 12.9. The Balaban J connectivity index is 1.68. The van der Waals surface area contributed by atoms with Crippen LogP contribution in [-0.2, 0) is 13.0 Å². The standard InChI is InChI=1S/C22H22N4O2/c1-2-3-14-26-22(28)18-11-7-6-10-17(18)20(25-26)21(27)24-23-19-13-12-15-8-4-5-9-16(15)19/h4-11H,2-3,12-14H2,1H3,(H,24,27)/b23-19+. The molecule has 1 aliphatic rings. The van der Waals surface area contributed by atoms with Crippen molar-refractivity contribution in [3.05, 3.63) is 75.7 Å². The highest BCUT2D eigenvalue weighted by Crippen LogP contribution is 2.22. The zero-order chi connectivity index (χ0) is 19.5. The number of aryl methyl sites for hydroxylation is 2. The smallest absolute Gasteiger partial charge is 0.267 e. The number of unbranched alkanes of at least 4 members (excludes halogenated alkanes) is 1. The molecule has 0 saturated carbocycles. The van der Waals surface area contributed by atoms with Gasteiger partial charge in [0.15, 0.2) is 5.69 Å². The summed E-state index contributed by atoms with van der Waals surface area (Å²) in [5.74, 6) is -0.404. The van der Waals surface area contributed by atoms with Crippen molar-refractivity contribution in [2.24, 2.45) is 5.10 Å². The van der Waals surface area contributed by atoms with Gasteiger partial charge >= 0.3 is 0 Å². The Hall–Kier alpha value is -3.28. The maximum Gasteiger partial charge on any atom is 0.292 e. The number of hydrogen-bond acceptors (Lipinski definition) is 4. The fraction of sp³-hybridized carbons (Fsp3) is 0.273. The quantitative estimate of drug-likeness (QED) is 0.696. The van der Waals surface area contributed by atoms with E-state index in [0.717, 1.165) is 37.0 Å². The number of hydrazone groups is 1. The molecule has 0 fully saturated rings. The Bertz CT molecular complexity index is 1130. The molecule has 142 valence electrons. The van der Waals surface area contributed by atoms with Crippen LogP contribution in [0, 0.1) is 0 Å². The average molecular weight is 374 g/mol. The number of benzene rings is 2. The van der Waals surface area contributed by atoms with E-state index < -0.39 is 5.91 Å². The number of amides is 1. The summed E-state index contributed by atoms with van der Waals surface area (Å²) in [6, 6.07) is 15.2. The molecule has 28 heavy (non-hydrogen) atoms. The molecule has 0 aliphatic heterocycles. The van der Waals surface area contributed by atoms with Crippen LogP contribution >= 0.6 is 0 Å². The third kappa shape index (κ3) is 3.33. The lowest BCUT2D eigenvalue weighted by atomic mass is 10.1. The molecule has 0 spiro atoms. The average Bonchev–Trinajstić information content (AvgIpc) is 3.15. The van der Waals surface area contributed by atoms with Crippen LogP contribution in [0.5, 0.6) is 0 Å². The Morgan fingerprint density at radius 3 is 2.68 bits per heavy atom. The van der Waals surface area contributed by atoms with Crippen LogP contribution in [0.1, 0.15) is 47.8 Å². The molecule has 2 aromatic carbocycles. The van der Waals surface area contributed by atoms with Gasteiger partial charge in [-0.15, -0.1) is 0 Å². The molecule has 0 bridgehead atoms. The van der Waals surface area contributed by atoms with E-state index in [9.17, 15) is 9.59 Å². The van der Waals surface area contributed by atoms with Crippen LogP contribution in [0.15, 0.2) is 58.4 Å². The van der Waals surface area contributed by atoms with Crippen molar-refractivity contribution in [3.63, 3.8) is 0 Å². The maximum absolute atomic E-state index is 12.9. The second-order valence-electron chi connectivity index (χ2n) is 6.93. The van der Waals surface area contributed by atoms with Crippen molar-refractivity contribution in [1.82, 2.24) is 15.2 Å². The molecule has 1 aliphatic carbocycles. The molecule has 0 unspecified atom stereocenters. The van der Waals surface area contributed by atoms with Crippen molar-refractivity contribution < 1.29 is 4.79 Å². The van der Waals surface area contributed by atoms with Gasteiger partial charge in [-0.2, -0.15) is 10.2 Å². The number of hydrogen-bond donors (Lipinski definition) is 1. The highest BCUT2D eigenvalue weighted by molar-refractivity contribution is 6.07. The number of fused-ring (bicyclic) bond motifs is 2. The molecular weight excluding hydrogens is 352 g/mol. The lowest BCUT2D eigenvalue weighted by Crippen LogP contribution is -2.29. The predicted molar refractivity (Wildman–Crippen MR) is 110 cm³/mol. The van der Waals surface area contributed by atoms with Crippen LogP contribution in [0.4, 0.5) is 0 Å². The Morgan fingerprint density at radius 2 is 1.86 bits per heavy atom. The monoisotopic (exact) mass is 374 g/mol. The third-order valence-electron chi connectivity index (χ3n) is 5.06. The first kappa shape index (κ1) is 18.1. The van der Waals surface area contributed by atoms with Gasteiger partial charge in [0, 0.05) is 17.5 Å². The summed E-state index contributed by atoms with van der Waals surface area (Å²) in [5, 5.41) is 9.75. The molecule has 6 nitrogen and oxygen atoms in total. The van der Waals surface area contributed by atoms with Gasteiger partial charge < -0.3 is 0 Å². The molecule has 0 radical (unpaired) electrons. The van der Waals surface area contributed by atoms with Gasteiger partial charge in [0.05, 0.1) is 11.1 Å². The van der Waals surface area contributed by atoms with Crippen molar-refractivity contribution in [3.8, 4) is 0 Å². The van der Waals surface area contributed by atoms with E-state index in [0.29, 0.717) is 17.3 Å². The molecule has 1 heterocycles. The molecule has 1 N–H and O–H groups in total. The minimum absolute atomic E-state index is 0.170. The summed E-state index contributed by atoms with van der Waals surface area (Å²) in [6.45, 7) is 2.54. The highest BCUT2D eigenvalue weighted by Gasteiger charge is 2.19. The van der Waals surface area contributed by atoms with Crippen molar-refractivity contribution in [2.75, 3.05) is 0 Å². The van der Waals surface area contributed by atoms with E-state index in [2.05, 4.69) is 28.6 Å². The second-order valence-corrected chi connectivity index (χ2v) is 6.93. The van der Waals surface area contributed by atoms with E-state index in [1.54, 1.807) is 24.3 Å². The van der Waals surface area contributed by atoms with E-state index in [4.69, 9.17) is 0 Å². The normalized spacial score (nSPS) is 14.4. The summed E-state index contributed by atoms with van der Waals surface area (Å²) in [4.78, 5) is 25.5. The first-order chi connectivity index (χ1) is 13.7. The van der Waals surface area contributed by atoms with Crippen LogP contribution < -0.4 is 11.0 Å². The molecule has 4 rings (SSSR count). The van der Waals surface area contributed by atoms with Gasteiger partial charge in [-0.1, -0.05) is 55.8 Å². The van der Waals surface area contributed by atoms with Gasteiger partial charge in [-0.05, 0) is 30.9 Å². The highest BCUT2D eigenvalue weighted by atomic mass is 16.2. The van der Waals surface area contributed by atoms with Crippen LogP contribution in [0.3, 0.4) is 0 Å². The Kier molecular flexibility index (Phi) is 5.02. The fourth-order valence-electron chi connectivity index (χ4n) is 3.56. The molecule has 0 atom stereocenters. The van der Waals surface area contributed by atoms with E-state index in [1.807, 2.05) is 18.2 Å². The topological polar surface area (TPSA) is 76.3 Å². The summed E-state index contributed by atoms with van der Waals surface area (Å²) < 4.78 is 1.39. The van der Waals surface area contributed by atoms with Crippen LogP contribution in [-0.4, -0.2) is 21.4 Å². The lowest BCUT2D eigenvalue weighted by molar-refractivity contribution is 0.0949. The van der Waals surface area contributed by atoms with Gasteiger partial charge in [0.25, 0.3) is 11.5 Å². The lowest BCUT2D eigenvalue weighted by Gasteiger charge is -2.10. The van der Waals surface area contributed by atoms with Gasteiger partial charge in [-0.3, -0.25) is 9.59 Å². The summed E-state index contributed by atoms with van der Waals surface area (Å²) in [7, 11) is 0. The fourth-order valence-corrected chi connectivity index (χ4v) is 3.56. The Morgan fingerprint density at radius 1 is 1.11 bits per heavy atom. The number of carbonyl (C=O) groups is 1. The van der Waals surface area contributed by atoms with Gasteiger partial charge in [0.1, 0.15) is 0 Å². The van der Waals surface area contributed by atoms with E-state index in [1.165, 1.54) is 10.2 Å². The first-order valence-electron chi connectivity index (χ1n) is 9.64. The zero-order valence-corrected chi connectivity index (χ0v) is 15.8. The first-order valence-corrected chi connectivity index (χ1v) is 9.64. The molecule has 1 aromatic heterocycles. The molecule has 3 aromatic rings. The molecule has 0 saturated heterocycles. The number of nitrogens with one attached hydrogen (secondary N) is 1. The number of rotatable bonds is 5. The molecule has 1 amide bonds. The number of carbonyl (C=O) groups excluding carboxylic acids is 1. The second kappa shape index (κ2) is 7.76. The van der Waals surface area contributed by atoms with Crippen molar-refractivity contribution in [1.29, 1.82) is 0 Å². The van der Waals surface area contributed by atoms with Gasteiger partial charge in [-0.25, -0.2) is 10.1 Å². The Labute approximate surface area is 162 Å². The summed E-state index contributed by atoms with van der Waals surface area (Å²) in [5.41, 5.74) is 5.89. The SMILES string of the molecule is CCCCn1nc(C(=O)N/N=C2\CCc3ccccc32)c2ccccc2c1=O. The predicted octanol–water partition coefficient (Wildman–Crippen LogP) is 3.28. The van der Waals surface area contributed by atoms with Gasteiger partial charge in [0.2, 0.25) is 0 Å². The number of aromatic nitrogens is 2. The summed E-state index contributed by atoms with van der Waals surface area (Å²) in [6.07, 6.45) is 3.48. The summed E-state index contributed by atoms with van der Waals surface area (Å²) >= 11 is 0. The molecular formula is C22H22N4O2. The number of nitrogens with zero attached hydrogens (tertiary/aromatic N) is 3.